The number of nitrogens with two attached hydrogens (primary N) is 1. The molecule has 0 spiro atoms. The van der Waals surface area contributed by atoms with Crippen LogP contribution in [0.1, 0.15) is 20.3 Å². The number of rotatable bonds is 3. The third kappa shape index (κ3) is 4.67. The van der Waals surface area contributed by atoms with E-state index in [1.807, 2.05) is 13.8 Å². The van der Waals surface area contributed by atoms with Gasteiger partial charge in [-0.15, -0.1) is 0 Å². The summed E-state index contributed by atoms with van der Waals surface area (Å²) in [5.41, 5.74) is 5.07. The molecule has 1 atom stereocenters. The van der Waals surface area contributed by atoms with Gasteiger partial charge in [-0.1, -0.05) is 0 Å². The average Bonchev–Trinajstić information content (AvgIpc) is 2.11. The Morgan fingerprint density at radius 1 is 1.44 bits per heavy atom. The van der Waals surface area contributed by atoms with E-state index in [1.165, 1.54) is 0 Å². The van der Waals surface area contributed by atoms with Crippen molar-refractivity contribution in [2.45, 2.75) is 38.1 Å². The van der Waals surface area contributed by atoms with Crippen molar-refractivity contribution in [2.75, 3.05) is 26.2 Å². The SMILES string of the molecule is CC1(C)CN(CCC(F)(F)F)CC(CN)O1. The van der Waals surface area contributed by atoms with E-state index in [0.29, 0.717) is 19.6 Å². The Morgan fingerprint density at radius 3 is 2.56 bits per heavy atom. The molecule has 0 bridgehead atoms. The Balaban J connectivity index is 2.47. The van der Waals surface area contributed by atoms with Crippen LogP contribution in [0.5, 0.6) is 0 Å². The molecule has 1 heterocycles. The molecule has 0 aliphatic carbocycles. The van der Waals surface area contributed by atoms with Gasteiger partial charge in [0.05, 0.1) is 18.1 Å². The quantitative estimate of drug-likeness (QED) is 0.810. The normalized spacial score (nSPS) is 27.0. The van der Waals surface area contributed by atoms with Gasteiger partial charge in [0.25, 0.3) is 0 Å². The Bertz CT molecular complexity index is 231. The fourth-order valence-electron chi connectivity index (χ4n) is 1.99. The van der Waals surface area contributed by atoms with Gasteiger partial charge in [-0.3, -0.25) is 4.90 Å². The minimum atomic E-state index is -4.10. The van der Waals surface area contributed by atoms with Crippen molar-refractivity contribution in [1.29, 1.82) is 0 Å². The van der Waals surface area contributed by atoms with Gasteiger partial charge in [0.2, 0.25) is 0 Å². The smallest absolute Gasteiger partial charge is 0.368 e. The van der Waals surface area contributed by atoms with Crippen LogP contribution in [0.2, 0.25) is 0 Å². The fraction of sp³-hybridized carbons (Fsp3) is 1.00. The molecule has 6 heteroatoms. The molecule has 2 N–H and O–H groups in total. The zero-order chi connectivity index (χ0) is 12.4. The average molecular weight is 240 g/mol. The lowest BCUT2D eigenvalue weighted by Gasteiger charge is -2.42. The summed E-state index contributed by atoms with van der Waals surface area (Å²) < 4.78 is 41.9. The van der Waals surface area contributed by atoms with Crippen molar-refractivity contribution in [3.63, 3.8) is 0 Å². The molecule has 1 saturated heterocycles. The molecule has 0 saturated carbocycles. The lowest BCUT2D eigenvalue weighted by molar-refractivity contribution is -0.158. The zero-order valence-corrected chi connectivity index (χ0v) is 9.68. The maximum atomic E-state index is 12.1. The van der Waals surface area contributed by atoms with Gasteiger partial charge < -0.3 is 10.5 Å². The molecule has 3 nitrogen and oxygen atoms in total. The molecule has 1 aliphatic rings. The van der Waals surface area contributed by atoms with Crippen LogP contribution < -0.4 is 5.73 Å². The van der Waals surface area contributed by atoms with Gasteiger partial charge >= 0.3 is 6.18 Å². The van der Waals surface area contributed by atoms with Crippen molar-refractivity contribution < 1.29 is 17.9 Å². The van der Waals surface area contributed by atoms with E-state index in [9.17, 15) is 13.2 Å². The van der Waals surface area contributed by atoms with E-state index >= 15 is 0 Å². The molecule has 1 unspecified atom stereocenters. The Labute approximate surface area is 93.7 Å². The Morgan fingerprint density at radius 2 is 2.06 bits per heavy atom. The van der Waals surface area contributed by atoms with Crippen LogP contribution in [0.3, 0.4) is 0 Å². The summed E-state index contributed by atoms with van der Waals surface area (Å²) in [4.78, 5) is 1.77. The van der Waals surface area contributed by atoms with E-state index in [2.05, 4.69) is 0 Å². The maximum absolute atomic E-state index is 12.1. The highest BCUT2D eigenvalue weighted by molar-refractivity contribution is 4.84. The van der Waals surface area contributed by atoms with Crippen LogP contribution in [0.4, 0.5) is 13.2 Å². The number of hydrogen-bond donors (Lipinski definition) is 1. The molecule has 1 fully saturated rings. The molecule has 0 aromatic carbocycles. The van der Waals surface area contributed by atoms with E-state index in [-0.39, 0.29) is 12.6 Å². The van der Waals surface area contributed by atoms with Crippen molar-refractivity contribution >= 4 is 0 Å². The number of nitrogens with zero attached hydrogens (tertiary/aromatic N) is 1. The van der Waals surface area contributed by atoms with E-state index in [4.69, 9.17) is 10.5 Å². The van der Waals surface area contributed by atoms with Gasteiger partial charge in [0, 0.05) is 26.2 Å². The lowest BCUT2D eigenvalue weighted by Crippen LogP contribution is -2.55. The number of halogens is 3. The monoisotopic (exact) mass is 240 g/mol. The first-order chi connectivity index (χ1) is 7.22. The first-order valence-corrected chi connectivity index (χ1v) is 5.39. The molecular formula is C10H19F3N2O. The highest BCUT2D eigenvalue weighted by atomic mass is 19.4. The Kier molecular flexibility index (Phi) is 4.20. The molecule has 1 aliphatic heterocycles. The first-order valence-electron chi connectivity index (χ1n) is 5.39. The summed E-state index contributed by atoms with van der Waals surface area (Å²) in [5.74, 6) is 0. The second kappa shape index (κ2) is 4.89. The first kappa shape index (κ1) is 13.7. The molecule has 1 rings (SSSR count). The summed E-state index contributed by atoms with van der Waals surface area (Å²) in [7, 11) is 0. The summed E-state index contributed by atoms with van der Waals surface area (Å²) in [6.07, 6.45) is -5.04. The van der Waals surface area contributed by atoms with E-state index < -0.39 is 18.2 Å². The van der Waals surface area contributed by atoms with Crippen LogP contribution in [-0.2, 0) is 4.74 Å². The van der Waals surface area contributed by atoms with Crippen LogP contribution in [0.25, 0.3) is 0 Å². The van der Waals surface area contributed by atoms with Crippen molar-refractivity contribution in [3.8, 4) is 0 Å². The van der Waals surface area contributed by atoms with Crippen LogP contribution >= 0.6 is 0 Å². The van der Waals surface area contributed by atoms with Gasteiger partial charge in [0.15, 0.2) is 0 Å². The van der Waals surface area contributed by atoms with Crippen molar-refractivity contribution in [3.05, 3.63) is 0 Å². The molecule has 0 amide bonds. The van der Waals surface area contributed by atoms with E-state index in [0.717, 1.165) is 0 Å². The predicted octanol–water partition coefficient (Wildman–Crippen LogP) is 1.38. The van der Waals surface area contributed by atoms with Gasteiger partial charge in [0.1, 0.15) is 0 Å². The number of alkyl halides is 3. The van der Waals surface area contributed by atoms with Crippen molar-refractivity contribution in [1.82, 2.24) is 4.90 Å². The number of hydrogen-bond acceptors (Lipinski definition) is 3. The molecule has 96 valence electrons. The fourth-order valence-corrected chi connectivity index (χ4v) is 1.99. The van der Waals surface area contributed by atoms with Crippen LogP contribution in [-0.4, -0.2) is 49.0 Å². The van der Waals surface area contributed by atoms with Gasteiger partial charge in [-0.2, -0.15) is 13.2 Å². The lowest BCUT2D eigenvalue weighted by atomic mass is 10.0. The standard InChI is InChI=1S/C10H19F3N2O/c1-9(2)7-15(4-3-10(11,12)13)6-8(5-14)16-9/h8H,3-7,14H2,1-2H3. The topological polar surface area (TPSA) is 38.5 Å². The van der Waals surface area contributed by atoms with Crippen LogP contribution in [0, 0.1) is 0 Å². The summed E-state index contributed by atoms with van der Waals surface area (Å²) in [6, 6.07) is 0. The Hall–Kier alpha value is -0.330. The predicted molar refractivity (Wildman–Crippen MR) is 55.1 cm³/mol. The summed E-state index contributed by atoms with van der Waals surface area (Å²) in [5, 5.41) is 0. The highest BCUT2D eigenvalue weighted by Gasteiger charge is 2.35. The van der Waals surface area contributed by atoms with Gasteiger partial charge in [-0.05, 0) is 13.8 Å². The third-order valence-electron chi connectivity index (χ3n) is 2.53. The molecule has 16 heavy (non-hydrogen) atoms. The highest BCUT2D eigenvalue weighted by Crippen LogP contribution is 2.24. The second-order valence-electron chi connectivity index (χ2n) is 4.84. The molecule has 0 aromatic rings. The van der Waals surface area contributed by atoms with Crippen LogP contribution in [0.15, 0.2) is 0 Å². The van der Waals surface area contributed by atoms with Crippen molar-refractivity contribution in [2.24, 2.45) is 5.73 Å². The minimum absolute atomic E-state index is 0.0206. The van der Waals surface area contributed by atoms with E-state index in [1.54, 1.807) is 4.90 Å². The zero-order valence-electron chi connectivity index (χ0n) is 9.68. The third-order valence-corrected chi connectivity index (χ3v) is 2.53. The summed E-state index contributed by atoms with van der Waals surface area (Å²) in [6.45, 7) is 5.10. The second-order valence-corrected chi connectivity index (χ2v) is 4.84. The largest absolute Gasteiger partial charge is 0.390 e. The number of morpholine rings is 1. The molecule has 0 aromatic heterocycles. The maximum Gasteiger partial charge on any atom is 0.390 e. The summed E-state index contributed by atoms with van der Waals surface area (Å²) >= 11 is 0. The number of ether oxygens (including phenoxy) is 1. The molecule has 0 radical (unpaired) electrons. The molecular weight excluding hydrogens is 221 g/mol. The minimum Gasteiger partial charge on any atom is -0.368 e. The van der Waals surface area contributed by atoms with Gasteiger partial charge in [-0.25, -0.2) is 0 Å².